The Balaban J connectivity index is 2.33. The predicted molar refractivity (Wildman–Crippen MR) is 76.1 cm³/mol. The van der Waals surface area contributed by atoms with Gasteiger partial charge in [-0.15, -0.1) is 0 Å². The lowest BCUT2D eigenvalue weighted by atomic mass is 10.0. The first kappa shape index (κ1) is 14.3. The first-order valence-electron chi connectivity index (χ1n) is 6.90. The minimum absolute atomic E-state index is 0.134. The highest BCUT2D eigenvalue weighted by Gasteiger charge is 2.32. The van der Waals surface area contributed by atoms with Crippen molar-refractivity contribution in [3.63, 3.8) is 0 Å². The summed E-state index contributed by atoms with van der Waals surface area (Å²) in [4.78, 5) is 2.17. The smallest absolute Gasteiger partial charge is 0.146 e. The van der Waals surface area contributed by atoms with Crippen LogP contribution in [0.5, 0.6) is 0 Å². The molecular weight excluding hydrogens is 243 g/mol. The second-order valence-corrected chi connectivity index (χ2v) is 5.11. The van der Waals surface area contributed by atoms with Crippen LogP contribution in [0.4, 0.5) is 10.1 Å². The molecule has 0 amide bonds. The Kier molecular flexibility index (Phi) is 4.77. The Labute approximate surface area is 114 Å². The van der Waals surface area contributed by atoms with E-state index in [0.29, 0.717) is 12.6 Å². The number of hydrogen-bond donors (Lipinski definition) is 1. The van der Waals surface area contributed by atoms with E-state index in [9.17, 15) is 4.39 Å². The van der Waals surface area contributed by atoms with Gasteiger partial charge in [-0.25, -0.2) is 4.39 Å². The summed E-state index contributed by atoms with van der Waals surface area (Å²) < 4.78 is 19.5. The summed E-state index contributed by atoms with van der Waals surface area (Å²) in [5.74, 6) is -0.136. The summed E-state index contributed by atoms with van der Waals surface area (Å²) in [5.41, 5.74) is 1.76. The number of hydrogen-bond acceptors (Lipinski definition) is 3. The molecule has 19 heavy (non-hydrogen) atoms. The minimum atomic E-state index is -0.136. The third-order valence-corrected chi connectivity index (χ3v) is 3.73. The van der Waals surface area contributed by atoms with Crippen LogP contribution in [0.1, 0.15) is 31.4 Å². The number of nitrogens with zero attached hydrogens (tertiary/aromatic N) is 1. The van der Waals surface area contributed by atoms with Crippen molar-refractivity contribution in [1.29, 1.82) is 0 Å². The van der Waals surface area contributed by atoms with E-state index in [-0.39, 0.29) is 11.9 Å². The molecule has 0 aliphatic heterocycles. The van der Waals surface area contributed by atoms with E-state index in [4.69, 9.17) is 4.74 Å². The van der Waals surface area contributed by atoms with Gasteiger partial charge in [0.1, 0.15) is 5.82 Å². The monoisotopic (exact) mass is 266 g/mol. The Morgan fingerprint density at radius 2 is 2.21 bits per heavy atom. The van der Waals surface area contributed by atoms with E-state index in [1.54, 1.807) is 19.2 Å². The first-order valence-corrected chi connectivity index (χ1v) is 6.90. The molecule has 0 aromatic heterocycles. The van der Waals surface area contributed by atoms with Crippen LogP contribution in [0.15, 0.2) is 18.2 Å². The molecule has 0 radical (unpaired) electrons. The van der Waals surface area contributed by atoms with Crippen molar-refractivity contribution < 1.29 is 9.13 Å². The summed E-state index contributed by atoms with van der Waals surface area (Å²) in [7, 11) is 3.58. The van der Waals surface area contributed by atoms with Crippen LogP contribution in [-0.2, 0) is 4.74 Å². The summed E-state index contributed by atoms with van der Waals surface area (Å²) in [6.07, 6.45) is 2.29. The number of nitrogens with one attached hydrogen (secondary N) is 1. The molecule has 1 aromatic rings. The first-order chi connectivity index (χ1) is 9.19. The van der Waals surface area contributed by atoms with Gasteiger partial charge >= 0.3 is 0 Å². The van der Waals surface area contributed by atoms with Crippen LogP contribution in [0.25, 0.3) is 0 Å². The maximum atomic E-state index is 14.3. The van der Waals surface area contributed by atoms with Gasteiger partial charge in [0.2, 0.25) is 0 Å². The van der Waals surface area contributed by atoms with Gasteiger partial charge < -0.3 is 15.0 Å². The normalized spacial score (nSPS) is 16.4. The number of para-hydroxylation sites is 1. The second-order valence-electron chi connectivity index (χ2n) is 5.11. The molecule has 1 N–H and O–H groups in total. The molecule has 2 rings (SSSR count). The largest absolute Gasteiger partial charge is 0.383 e. The maximum absolute atomic E-state index is 14.3. The van der Waals surface area contributed by atoms with E-state index in [1.807, 2.05) is 13.1 Å². The minimum Gasteiger partial charge on any atom is -0.383 e. The van der Waals surface area contributed by atoms with Crippen molar-refractivity contribution >= 4 is 5.69 Å². The van der Waals surface area contributed by atoms with Gasteiger partial charge in [-0.2, -0.15) is 0 Å². The fourth-order valence-corrected chi connectivity index (χ4v) is 2.39. The van der Waals surface area contributed by atoms with Gasteiger partial charge in [-0.1, -0.05) is 12.1 Å². The van der Waals surface area contributed by atoms with Crippen molar-refractivity contribution in [3.8, 4) is 0 Å². The van der Waals surface area contributed by atoms with Crippen molar-refractivity contribution in [2.24, 2.45) is 0 Å². The van der Waals surface area contributed by atoms with Crippen LogP contribution < -0.4 is 10.2 Å². The summed E-state index contributed by atoms with van der Waals surface area (Å²) >= 11 is 0. The SMILES string of the molecule is CNC(C)c1cccc(F)c1N(CCOC)C1CC1. The average Bonchev–Trinajstić information content (AvgIpc) is 3.24. The zero-order valence-corrected chi connectivity index (χ0v) is 11.9. The van der Waals surface area contributed by atoms with Crippen molar-refractivity contribution in [2.45, 2.75) is 31.8 Å². The number of methoxy groups -OCH3 is 1. The van der Waals surface area contributed by atoms with Crippen LogP contribution >= 0.6 is 0 Å². The lowest BCUT2D eigenvalue weighted by Gasteiger charge is -2.29. The van der Waals surface area contributed by atoms with Crippen molar-refractivity contribution in [3.05, 3.63) is 29.6 Å². The van der Waals surface area contributed by atoms with E-state index >= 15 is 0 Å². The highest BCUT2D eigenvalue weighted by molar-refractivity contribution is 5.57. The predicted octanol–water partition coefficient (Wildman–Crippen LogP) is 2.72. The number of benzene rings is 1. The van der Waals surface area contributed by atoms with E-state index < -0.39 is 0 Å². The molecule has 0 bridgehead atoms. The molecule has 1 unspecified atom stereocenters. The average molecular weight is 266 g/mol. The number of anilines is 1. The zero-order chi connectivity index (χ0) is 13.8. The van der Waals surface area contributed by atoms with Gasteiger partial charge in [-0.05, 0) is 38.4 Å². The summed E-state index contributed by atoms with van der Waals surface area (Å²) in [6.45, 7) is 3.42. The summed E-state index contributed by atoms with van der Waals surface area (Å²) in [6, 6.07) is 5.93. The molecule has 4 heteroatoms. The number of ether oxygens (including phenoxy) is 1. The van der Waals surface area contributed by atoms with E-state index in [1.165, 1.54) is 0 Å². The van der Waals surface area contributed by atoms with Crippen LogP contribution in [0.3, 0.4) is 0 Å². The maximum Gasteiger partial charge on any atom is 0.146 e. The second kappa shape index (κ2) is 6.35. The molecule has 3 nitrogen and oxygen atoms in total. The fraction of sp³-hybridized carbons (Fsp3) is 0.600. The fourth-order valence-electron chi connectivity index (χ4n) is 2.39. The lowest BCUT2D eigenvalue weighted by molar-refractivity contribution is 0.204. The Morgan fingerprint density at radius 1 is 1.47 bits per heavy atom. The Morgan fingerprint density at radius 3 is 2.79 bits per heavy atom. The highest BCUT2D eigenvalue weighted by Crippen LogP contribution is 2.37. The van der Waals surface area contributed by atoms with Gasteiger partial charge in [-0.3, -0.25) is 0 Å². The van der Waals surface area contributed by atoms with Crippen LogP contribution in [0.2, 0.25) is 0 Å². The van der Waals surface area contributed by atoms with Crippen LogP contribution in [0, 0.1) is 5.82 Å². The molecular formula is C15H23FN2O. The van der Waals surface area contributed by atoms with Gasteiger partial charge in [0.05, 0.1) is 12.3 Å². The van der Waals surface area contributed by atoms with Crippen LogP contribution in [-0.4, -0.2) is 33.4 Å². The Bertz CT molecular complexity index is 421. The molecule has 0 saturated heterocycles. The molecule has 0 spiro atoms. The summed E-state index contributed by atoms with van der Waals surface area (Å²) in [5, 5.41) is 3.19. The van der Waals surface area contributed by atoms with E-state index in [0.717, 1.165) is 30.6 Å². The Hall–Kier alpha value is -1.13. The van der Waals surface area contributed by atoms with Crippen molar-refractivity contribution in [2.75, 3.05) is 32.2 Å². The van der Waals surface area contributed by atoms with Crippen molar-refractivity contribution in [1.82, 2.24) is 5.32 Å². The number of rotatable bonds is 7. The standard InChI is InChI=1S/C15H23FN2O/c1-11(17-2)13-5-4-6-14(16)15(13)18(9-10-19-3)12-7-8-12/h4-6,11-12,17H,7-10H2,1-3H3. The molecule has 1 aromatic carbocycles. The topological polar surface area (TPSA) is 24.5 Å². The lowest BCUT2D eigenvalue weighted by Crippen LogP contribution is -2.32. The third-order valence-electron chi connectivity index (χ3n) is 3.73. The molecule has 0 heterocycles. The van der Waals surface area contributed by atoms with Gasteiger partial charge in [0.15, 0.2) is 0 Å². The number of halogens is 1. The molecule has 1 aliphatic carbocycles. The molecule has 1 aliphatic rings. The molecule has 106 valence electrons. The molecule has 1 atom stereocenters. The quantitative estimate of drug-likeness (QED) is 0.821. The molecule has 1 fully saturated rings. The van der Waals surface area contributed by atoms with Gasteiger partial charge in [0.25, 0.3) is 0 Å². The highest BCUT2D eigenvalue weighted by atomic mass is 19.1. The molecule has 1 saturated carbocycles. The zero-order valence-electron chi connectivity index (χ0n) is 11.9. The van der Waals surface area contributed by atoms with Gasteiger partial charge in [0, 0.05) is 25.7 Å². The van der Waals surface area contributed by atoms with E-state index in [2.05, 4.69) is 17.1 Å². The third kappa shape index (κ3) is 3.25.